The van der Waals surface area contributed by atoms with E-state index in [0.29, 0.717) is 11.4 Å². The van der Waals surface area contributed by atoms with Gasteiger partial charge in [-0.1, -0.05) is 0 Å². The second-order valence-corrected chi connectivity index (χ2v) is 3.94. The Balaban J connectivity index is 2.73. The van der Waals surface area contributed by atoms with Gasteiger partial charge in [0.25, 0.3) is 11.5 Å². The second-order valence-electron chi connectivity index (χ2n) is 3.94. The van der Waals surface area contributed by atoms with Gasteiger partial charge in [-0.15, -0.1) is 0 Å². The van der Waals surface area contributed by atoms with Crippen LogP contribution in [-0.4, -0.2) is 15.3 Å². The molecular weight excluding hydrogens is 237 g/mol. The quantitative estimate of drug-likeness (QED) is 0.852. The van der Waals surface area contributed by atoms with Gasteiger partial charge < -0.3 is 5.73 Å². The van der Waals surface area contributed by atoms with Crippen molar-refractivity contribution in [3.63, 3.8) is 0 Å². The number of nitrogens with zero attached hydrogens (tertiary/aromatic N) is 2. The van der Waals surface area contributed by atoms with Crippen LogP contribution in [0.1, 0.15) is 16.1 Å². The highest BCUT2D eigenvalue weighted by Crippen LogP contribution is 2.10. The lowest BCUT2D eigenvalue weighted by atomic mass is 10.2. The SMILES string of the molecule is Cc1c(C(N)=O)c(=O)n(-c2ccc(F)cc2)n1C. The first kappa shape index (κ1) is 12.1. The molecular formula is C12H12FN3O2. The number of amides is 1. The summed E-state index contributed by atoms with van der Waals surface area (Å²) in [5.74, 6) is -1.16. The van der Waals surface area contributed by atoms with Crippen LogP contribution in [0.3, 0.4) is 0 Å². The van der Waals surface area contributed by atoms with Gasteiger partial charge in [-0.2, -0.15) is 0 Å². The summed E-state index contributed by atoms with van der Waals surface area (Å²) in [6.07, 6.45) is 0. The highest BCUT2D eigenvalue weighted by molar-refractivity contribution is 5.93. The molecule has 0 bridgehead atoms. The van der Waals surface area contributed by atoms with Crippen LogP contribution in [0.15, 0.2) is 29.1 Å². The number of nitrogens with two attached hydrogens (primary N) is 1. The van der Waals surface area contributed by atoms with Crippen molar-refractivity contribution < 1.29 is 9.18 Å². The fourth-order valence-electron chi connectivity index (χ4n) is 1.87. The fraction of sp³-hybridized carbons (Fsp3) is 0.167. The lowest BCUT2D eigenvalue weighted by Crippen LogP contribution is -2.25. The van der Waals surface area contributed by atoms with Crippen LogP contribution in [-0.2, 0) is 7.05 Å². The fourth-order valence-corrected chi connectivity index (χ4v) is 1.87. The summed E-state index contributed by atoms with van der Waals surface area (Å²) in [5.41, 5.74) is 5.56. The summed E-state index contributed by atoms with van der Waals surface area (Å²) < 4.78 is 15.6. The van der Waals surface area contributed by atoms with Crippen molar-refractivity contribution in [2.24, 2.45) is 12.8 Å². The van der Waals surface area contributed by atoms with Crippen molar-refractivity contribution in [3.8, 4) is 5.69 Å². The molecule has 2 N–H and O–H groups in total. The largest absolute Gasteiger partial charge is 0.365 e. The molecule has 0 radical (unpaired) electrons. The first-order chi connectivity index (χ1) is 8.43. The molecule has 18 heavy (non-hydrogen) atoms. The monoisotopic (exact) mass is 249 g/mol. The standard InChI is InChI=1S/C12H12FN3O2/c1-7-10(11(14)17)12(18)16(15(7)2)9-5-3-8(13)4-6-9/h3-6H,1-2H3,(H2,14,17). The molecule has 94 valence electrons. The molecule has 1 aromatic heterocycles. The number of primary amides is 1. The lowest BCUT2D eigenvalue weighted by molar-refractivity contribution is 0.0998. The van der Waals surface area contributed by atoms with Crippen molar-refractivity contribution in [2.45, 2.75) is 6.92 Å². The Bertz CT molecular complexity index is 668. The van der Waals surface area contributed by atoms with Crippen molar-refractivity contribution in [2.75, 3.05) is 0 Å². The maximum Gasteiger partial charge on any atom is 0.284 e. The van der Waals surface area contributed by atoms with Crippen LogP contribution in [0.25, 0.3) is 5.69 Å². The van der Waals surface area contributed by atoms with Crippen LogP contribution < -0.4 is 11.3 Å². The zero-order valence-electron chi connectivity index (χ0n) is 9.98. The molecule has 2 rings (SSSR count). The molecule has 6 heteroatoms. The van der Waals surface area contributed by atoms with E-state index in [0.717, 1.165) is 0 Å². The van der Waals surface area contributed by atoms with Gasteiger partial charge in [-0.25, -0.2) is 9.07 Å². The van der Waals surface area contributed by atoms with E-state index >= 15 is 0 Å². The molecule has 0 aliphatic rings. The molecule has 0 aliphatic heterocycles. The molecule has 0 saturated carbocycles. The first-order valence-electron chi connectivity index (χ1n) is 5.28. The van der Waals surface area contributed by atoms with E-state index in [1.807, 2.05) is 0 Å². The second kappa shape index (κ2) is 4.14. The van der Waals surface area contributed by atoms with E-state index in [4.69, 9.17) is 5.73 Å². The third-order valence-corrected chi connectivity index (χ3v) is 2.87. The maximum atomic E-state index is 12.8. The number of hydrogen-bond acceptors (Lipinski definition) is 2. The number of benzene rings is 1. The third kappa shape index (κ3) is 1.71. The van der Waals surface area contributed by atoms with Gasteiger partial charge in [-0.05, 0) is 31.2 Å². The summed E-state index contributed by atoms with van der Waals surface area (Å²) in [6.45, 7) is 1.63. The Hall–Kier alpha value is -2.37. The molecule has 0 unspecified atom stereocenters. The zero-order chi connectivity index (χ0) is 13.4. The Labute approximate surface area is 102 Å². The van der Waals surface area contributed by atoms with Crippen molar-refractivity contribution >= 4 is 5.91 Å². The Kier molecular flexibility index (Phi) is 2.78. The van der Waals surface area contributed by atoms with Gasteiger partial charge in [0.15, 0.2) is 0 Å². The van der Waals surface area contributed by atoms with Gasteiger partial charge in [0.2, 0.25) is 0 Å². The minimum Gasteiger partial charge on any atom is -0.365 e. The summed E-state index contributed by atoms with van der Waals surface area (Å²) in [6, 6.07) is 5.41. The number of carbonyl (C=O) groups excluding carboxylic acids is 1. The average molecular weight is 249 g/mol. The zero-order valence-corrected chi connectivity index (χ0v) is 9.98. The predicted molar refractivity (Wildman–Crippen MR) is 64.2 cm³/mol. The topological polar surface area (TPSA) is 70.0 Å². The van der Waals surface area contributed by atoms with Gasteiger partial charge in [0.1, 0.15) is 11.4 Å². The van der Waals surface area contributed by atoms with E-state index < -0.39 is 17.3 Å². The van der Waals surface area contributed by atoms with E-state index in [1.54, 1.807) is 14.0 Å². The Morgan fingerprint density at radius 2 is 1.83 bits per heavy atom. The number of hydrogen-bond donors (Lipinski definition) is 1. The molecule has 1 amide bonds. The summed E-state index contributed by atoms with van der Waals surface area (Å²) >= 11 is 0. The summed E-state index contributed by atoms with van der Waals surface area (Å²) in [7, 11) is 1.63. The normalized spacial score (nSPS) is 10.6. The number of halogens is 1. The first-order valence-corrected chi connectivity index (χ1v) is 5.28. The van der Waals surface area contributed by atoms with Crippen LogP contribution in [0.5, 0.6) is 0 Å². The van der Waals surface area contributed by atoms with Crippen molar-refractivity contribution in [1.29, 1.82) is 0 Å². The minimum absolute atomic E-state index is 0.0539. The predicted octanol–water partition coefficient (Wildman–Crippen LogP) is 0.722. The van der Waals surface area contributed by atoms with E-state index in [1.165, 1.54) is 33.6 Å². The highest BCUT2D eigenvalue weighted by Gasteiger charge is 2.19. The van der Waals surface area contributed by atoms with Crippen LogP contribution >= 0.6 is 0 Å². The third-order valence-electron chi connectivity index (χ3n) is 2.87. The summed E-state index contributed by atoms with van der Waals surface area (Å²) in [4.78, 5) is 23.3. The van der Waals surface area contributed by atoms with Crippen LogP contribution in [0, 0.1) is 12.7 Å². The van der Waals surface area contributed by atoms with Crippen molar-refractivity contribution in [3.05, 3.63) is 51.7 Å². The van der Waals surface area contributed by atoms with Gasteiger partial charge in [0.05, 0.1) is 11.4 Å². The van der Waals surface area contributed by atoms with Gasteiger partial charge in [-0.3, -0.25) is 14.3 Å². The minimum atomic E-state index is -0.769. The van der Waals surface area contributed by atoms with Gasteiger partial charge in [0, 0.05) is 7.05 Å². The number of aromatic nitrogens is 2. The summed E-state index contributed by atoms with van der Waals surface area (Å²) in [5, 5.41) is 0. The molecule has 2 aromatic rings. The highest BCUT2D eigenvalue weighted by atomic mass is 19.1. The molecule has 0 spiro atoms. The number of rotatable bonds is 2. The Morgan fingerprint density at radius 1 is 1.28 bits per heavy atom. The Morgan fingerprint density at radius 3 is 2.28 bits per heavy atom. The average Bonchev–Trinajstić information content (AvgIpc) is 2.52. The van der Waals surface area contributed by atoms with Crippen LogP contribution in [0.4, 0.5) is 4.39 Å². The molecule has 1 heterocycles. The van der Waals surface area contributed by atoms with E-state index in [-0.39, 0.29) is 5.56 Å². The molecule has 0 saturated heterocycles. The maximum absolute atomic E-state index is 12.8. The van der Waals surface area contributed by atoms with E-state index in [9.17, 15) is 14.0 Å². The van der Waals surface area contributed by atoms with Crippen LogP contribution in [0.2, 0.25) is 0 Å². The molecule has 5 nitrogen and oxygen atoms in total. The number of carbonyl (C=O) groups is 1. The molecule has 0 fully saturated rings. The van der Waals surface area contributed by atoms with E-state index in [2.05, 4.69) is 0 Å². The smallest absolute Gasteiger partial charge is 0.284 e. The van der Waals surface area contributed by atoms with Crippen molar-refractivity contribution in [1.82, 2.24) is 9.36 Å². The molecule has 0 atom stereocenters. The lowest BCUT2D eigenvalue weighted by Gasteiger charge is -2.07. The molecule has 1 aromatic carbocycles. The van der Waals surface area contributed by atoms with Gasteiger partial charge >= 0.3 is 0 Å². The molecule has 0 aliphatic carbocycles.